The van der Waals surface area contributed by atoms with Gasteiger partial charge in [0.15, 0.2) is 0 Å². The molecule has 0 spiro atoms. The molecule has 0 unspecified atom stereocenters. The van der Waals surface area contributed by atoms with Crippen molar-refractivity contribution in [2.45, 2.75) is 0 Å². The van der Waals surface area contributed by atoms with Gasteiger partial charge in [-0.1, -0.05) is 0 Å². The van der Waals surface area contributed by atoms with Gasteiger partial charge in [0.1, 0.15) is 39.3 Å². The fourth-order valence-corrected chi connectivity index (χ4v) is 1.81. The number of piperazine rings is 3. The first kappa shape index (κ1) is 25.9. The number of quaternary nitrogens is 2. The molecule has 0 radical (unpaired) electrons. The molecule has 0 atom stereocenters. The van der Waals surface area contributed by atoms with Crippen LogP contribution in [-0.4, -0.2) is 111 Å². The summed E-state index contributed by atoms with van der Waals surface area (Å²) < 4.78 is 94.6. The zero-order valence-corrected chi connectivity index (χ0v) is 17.4. The summed E-state index contributed by atoms with van der Waals surface area (Å²) in [5, 5.41) is 0. The number of rotatable bonds is 0. The first-order valence-electron chi connectivity index (χ1n) is 5.93. The molecule has 0 aromatic heterocycles. The van der Waals surface area contributed by atoms with Crippen LogP contribution in [0.1, 0.15) is 0 Å². The van der Waals surface area contributed by atoms with Crippen molar-refractivity contribution < 1.29 is 57.9 Å². The minimum absolute atomic E-state index is 1.44. The van der Waals surface area contributed by atoms with Gasteiger partial charge in [0.05, 0.1) is 0 Å². The van der Waals surface area contributed by atoms with Crippen LogP contribution in [0, 0.1) is 0 Å². The van der Waals surface area contributed by atoms with Crippen molar-refractivity contribution in [3.05, 3.63) is 0 Å². The van der Waals surface area contributed by atoms with Crippen LogP contribution in [0.4, 0.5) is 0 Å². The molecule has 3 rings (SSSR count). The Kier molecular flexibility index (Phi) is 12.7. The van der Waals surface area contributed by atoms with Crippen LogP contribution in [0.15, 0.2) is 0 Å². The van der Waals surface area contributed by atoms with Gasteiger partial charge in [0.2, 0.25) is 0 Å². The third kappa shape index (κ3) is 39.4. The number of hydrogen-bond donors (Lipinski definition) is 9. The molecule has 3 heterocycles. The van der Waals surface area contributed by atoms with Gasteiger partial charge in [-0.2, -0.15) is 0 Å². The van der Waals surface area contributed by atoms with Crippen LogP contribution in [0.5, 0.6) is 0 Å². The molecular weight excluding hydrogens is 517 g/mol. The molecule has 9 N–H and O–H groups in total. The molecule has 0 aromatic carbocycles. The molecule has 0 saturated carbocycles. The first-order valence-corrected chi connectivity index (χ1v) is 15.6. The molecule has 3 fully saturated rings. The monoisotopic (exact) mass is 538 g/mol. The van der Waals surface area contributed by atoms with Crippen LogP contribution in [0.2, 0.25) is 0 Å². The molecule has 23 heavy (non-hydrogen) atoms. The van der Waals surface area contributed by atoms with Crippen molar-refractivity contribution in [2.24, 2.45) is 0 Å². The van der Waals surface area contributed by atoms with Crippen molar-refractivity contribution in [1.29, 1.82) is 0 Å². The van der Waals surface area contributed by atoms with E-state index in [0.717, 1.165) is 0 Å². The second-order valence-electron chi connectivity index (χ2n) is 4.49. The maximum atomic E-state index is 8.94. The first-order chi connectivity index (χ1) is 9.95. The molecule has 14 nitrogen and oxygen atoms in total. The van der Waals surface area contributed by atoms with Crippen LogP contribution in [0.3, 0.4) is 0 Å². The molecule has 3 saturated heterocycles. The van der Waals surface area contributed by atoms with E-state index < -0.39 is 43.5 Å². The number of nitrogens with one attached hydrogen (secondary N) is 2. The molecule has 17 heteroatoms. The second-order valence-corrected chi connectivity index (χ2v) is 10.8. The number of fused-ring (bicyclic) bond motifs is 3. The average Bonchev–Trinajstić information content (AvgIpc) is 2.24. The zero-order chi connectivity index (χ0) is 18.9. The quantitative estimate of drug-likeness (QED) is 0.131. The van der Waals surface area contributed by atoms with E-state index in [9.17, 15) is 0 Å². The van der Waals surface area contributed by atoms with E-state index in [0.29, 0.717) is 0 Å². The molecular formula is C6H21As3N2O12. The van der Waals surface area contributed by atoms with Gasteiger partial charge in [-0.15, -0.1) is 0 Å². The summed E-state index contributed by atoms with van der Waals surface area (Å²) in [4.78, 5) is 3.69. The third-order valence-electron chi connectivity index (χ3n) is 2.50. The van der Waals surface area contributed by atoms with E-state index in [2.05, 4.69) is 0 Å². The van der Waals surface area contributed by atoms with Crippen LogP contribution < -0.4 is 18.0 Å². The molecule has 0 aliphatic carbocycles. The molecule has 3 aliphatic rings. The predicted octanol–water partition coefficient (Wildman–Crippen LogP) is -11.0. The summed E-state index contributed by atoms with van der Waals surface area (Å²) in [6, 6.07) is 0. The van der Waals surface area contributed by atoms with Crippen molar-refractivity contribution in [1.82, 2.24) is 0 Å². The van der Waals surface area contributed by atoms with E-state index in [4.69, 9.17) is 48.1 Å². The summed E-state index contributed by atoms with van der Waals surface area (Å²) >= 11 is -15.9. The van der Waals surface area contributed by atoms with Crippen LogP contribution in [-0.2, 0) is 11.2 Å². The normalized spacial score (nSPS) is 23.3. The second kappa shape index (κ2) is 11.3. The van der Waals surface area contributed by atoms with Crippen molar-refractivity contribution in [2.75, 3.05) is 39.3 Å². The maximum absolute atomic E-state index is 8.94. The van der Waals surface area contributed by atoms with E-state index in [-0.39, 0.29) is 0 Å². The van der Waals surface area contributed by atoms with E-state index in [1.54, 1.807) is 0 Å². The van der Waals surface area contributed by atoms with Crippen molar-refractivity contribution >= 4 is 43.5 Å². The van der Waals surface area contributed by atoms with Gasteiger partial charge >= 0.3 is 91.6 Å². The van der Waals surface area contributed by atoms with Crippen LogP contribution in [0.25, 0.3) is 0 Å². The topological polar surface area (TPSA) is 248 Å². The Hall–Kier alpha value is 0.635. The Labute approximate surface area is 140 Å². The van der Waals surface area contributed by atoms with E-state index >= 15 is 0 Å². The Bertz CT molecular complexity index is 352. The number of hydrogen-bond acceptors (Lipinski definition) is 5. The molecule has 3 aliphatic heterocycles. The Balaban J connectivity index is 0. The summed E-state index contributed by atoms with van der Waals surface area (Å²) in [5.74, 6) is 0. The van der Waals surface area contributed by atoms with Gasteiger partial charge < -0.3 is 9.80 Å². The fourth-order valence-electron chi connectivity index (χ4n) is 1.81. The third-order valence-corrected chi connectivity index (χ3v) is 2.50. The SMILES string of the molecule is C1C[NH+]2CC[NH+]1CC2.O=[As](O)(O)O.O=[As]([O-])(O)O.O=[As]([O-])(O)O. The van der Waals surface area contributed by atoms with Gasteiger partial charge in [-0.05, 0) is 0 Å². The molecule has 0 amide bonds. The Morgan fingerprint density at radius 2 is 0.652 bits per heavy atom. The molecule has 0 aromatic rings. The van der Waals surface area contributed by atoms with Gasteiger partial charge in [-0.25, -0.2) is 0 Å². The van der Waals surface area contributed by atoms with Crippen LogP contribution >= 0.6 is 0 Å². The van der Waals surface area contributed by atoms with E-state index in [1.807, 2.05) is 9.80 Å². The van der Waals surface area contributed by atoms with Crippen molar-refractivity contribution in [3.8, 4) is 0 Å². The fraction of sp³-hybridized carbons (Fsp3) is 1.00. The molecule has 2 bridgehead atoms. The summed E-state index contributed by atoms with van der Waals surface area (Å²) in [5.41, 5.74) is 0. The summed E-state index contributed by atoms with van der Waals surface area (Å²) in [6.45, 7) is 8.64. The van der Waals surface area contributed by atoms with Gasteiger partial charge in [-0.3, -0.25) is 0 Å². The summed E-state index contributed by atoms with van der Waals surface area (Å²) in [7, 11) is 0. The zero-order valence-electron chi connectivity index (χ0n) is 11.8. The average molecular weight is 538 g/mol. The van der Waals surface area contributed by atoms with E-state index in [1.165, 1.54) is 39.3 Å². The Morgan fingerprint density at radius 3 is 0.696 bits per heavy atom. The van der Waals surface area contributed by atoms with Gasteiger partial charge in [0.25, 0.3) is 0 Å². The van der Waals surface area contributed by atoms with Gasteiger partial charge in [0, 0.05) is 0 Å². The molecule has 142 valence electrons. The summed E-state index contributed by atoms with van der Waals surface area (Å²) in [6.07, 6.45) is 0. The standard InChI is InChI=1S/C6H12N2.3AsH3O4/c1-2-8-5-3-7(1)4-6-8;3*2-1(3,4)5/h1-6H2;3*(H3,2,3,4,5). The predicted molar refractivity (Wildman–Crippen MR) is 66.0 cm³/mol. The Morgan fingerprint density at radius 1 is 0.565 bits per heavy atom. The van der Waals surface area contributed by atoms with Crippen molar-refractivity contribution in [3.63, 3.8) is 0 Å². The minimum atomic E-state index is -5.38.